The van der Waals surface area contributed by atoms with Gasteiger partial charge >= 0.3 is 6.03 Å². The van der Waals surface area contributed by atoms with Crippen molar-refractivity contribution in [1.29, 1.82) is 0 Å². The van der Waals surface area contributed by atoms with Crippen LogP contribution in [0.3, 0.4) is 0 Å². The zero-order chi connectivity index (χ0) is 19.1. The van der Waals surface area contributed by atoms with Gasteiger partial charge in [-0.1, -0.05) is 22.8 Å². The van der Waals surface area contributed by atoms with Crippen molar-refractivity contribution in [2.75, 3.05) is 11.9 Å². The summed E-state index contributed by atoms with van der Waals surface area (Å²) in [5.41, 5.74) is 1.79. The van der Waals surface area contributed by atoms with Gasteiger partial charge < -0.3 is 14.7 Å². The van der Waals surface area contributed by atoms with Gasteiger partial charge in [-0.25, -0.2) is 9.18 Å². The summed E-state index contributed by atoms with van der Waals surface area (Å²) in [5, 5.41) is 9.01. The van der Waals surface area contributed by atoms with Gasteiger partial charge in [-0.3, -0.25) is 0 Å². The third-order valence-electron chi connectivity index (χ3n) is 4.83. The number of aromatic nitrogens is 1. The summed E-state index contributed by atoms with van der Waals surface area (Å²) in [7, 11) is 0. The number of hydrogen-bond acceptors (Lipinski definition) is 4. The SMILES string of the molecule is Cc1onc(-c2c(F)cccc2Cl)c1NC(=O)N1CCc2sccc2C1C. The normalized spacial score (nSPS) is 16.3. The number of carbonyl (C=O) groups is 1. The van der Waals surface area contributed by atoms with Crippen LogP contribution in [-0.2, 0) is 6.42 Å². The van der Waals surface area contributed by atoms with E-state index in [9.17, 15) is 9.18 Å². The second kappa shape index (κ2) is 6.98. The highest BCUT2D eigenvalue weighted by Gasteiger charge is 2.30. The lowest BCUT2D eigenvalue weighted by molar-refractivity contribution is 0.189. The zero-order valence-corrected chi connectivity index (χ0v) is 16.3. The summed E-state index contributed by atoms with van der Waals surface area (Å²) >= 11 is 7.87. The maximum atomic E-state index is 14.3. The molecule has 2 amide bonds. The van der Waals surface area contributed by atoms with Gasteiger partial charge in [0.05, 0.1) is 16.6 Å². The summed E-state index contributed by atoms with van der Waals surface area (Å²) in [5.74, 6) is -0.140. The van der Waals surface area contributed by atoms with E-state index in [4.69, 9.17) is 16.1 Å². The number of rotatable bonds is 2. The highest BCUT2D eigenvalue weighted by molar-refractivity contribution is 7.10. The molecule has 0 radical (unpaired) electrons. The van der Waals surface area contributed by atoms with Crippen LogP contribution >= 0.6 is 22.9 Å². The minimum atomic E-state index is -0.527. The quantitative estimate of drug-likeness (QED) is 0.598. The Balaban J connectivity index is 1.64. The molecule has 1 aromatic carbocycles. The van der Waals surface area contributed by atoms with Gasteiger partial charge in [0, 0.05) is 11.4 Å². The summed E-state index contributed by atoms with van der Waals surface area (Å²) in [4.78, 5) is 16.0. The van der Waals surface area contributed by atoms with E-state index in [2.05, 4.69) is 16.5 Å². The lowest BCUT2D eigenvalue weighted by atomic mass is 10.0. The summed E-state index contributed by atoms with van der Waals surface area (Å²) in [6.45, 7) is 4.28. The number of carbonyl (C=O) groups excluding carboxylic acids is 1. The molecule has 0 saturated carbocycles. The predicted molar refractivity (Wildman–Crippen MR) is 104 cm³/mol. The molecule has 3 heterocycles. The van der Waals surface area contributed by atoms with Crippen LogP contribution < -0.4 is 5.32 Å². The third-order valence-corrected chi connectivity index (χ3v) is 6.14. The molecule has 140 valence electrons. The minimum Gasteiger partial charge on any atom is -0.359 e. The van der Waals surface area contributed by atoms with Crippen molar-refractivity contribution in [1.82, 2.24) is 10.1 Å². The molecular weight excluding hydrogens is 389 g/mol. The monoisotopic (exact) mass is 405 g/mol. The van der Waals surface area contributed by atoms with Crippen molar-refractivity contribution < 1.29 is 13.7 Å². The summed E-state index contributed by atoms with van der Waals surface area (Å²) in [6.07, 6.45) is 0.819. The smallest absolute Gasteiger partial charge is 0.322 e. The number of nitrogens with zero attached hydrogens (tertiary/aromatic N) is 2. The number of halogens is 2. The zero-order valence-electron chi connectivity index (χ0n) is 14.8. The van der Waals surface area contributed by atoms with Crippen LogP contribution in [0.2, 0.25) is 5.02 Å². The van der Waals surface area contributed by atoms with Gasteiger partial charge in [-0.05, 0) is 49.4 Å². The largest absolute Gasteiger partial charge is 0.359 e. The number of fused-ring (bicyclic) bond motifs is 1. The molecule has 0 bridgehead atoms. The Morgan fingerprint density at radius 3 is 3.04 bits per heavy atom. The number of amides is 2. The number of benzene rings is 1. The van der Waals surface area contributed by atoms with Crippen molar-refractivity contribution in [3.8, 4) is 11.3 Å². The van der Waals surface area contributed by atoms with Crippen LogP contribution in [0, 0.1) is 12.7 Å². The fourth-order valence-corrected chi connectivity index (χ4v) is 4.59. The number of aryl methyl sites for hydroxylation is 1. The van der Waals surface area contributed by atoms with Crippen molar-refractivity contribution in [2.24, 2.45) is 0 Å². The molecule has 2 aromatic heterocycles. The van der Waals surface area contributed by atoms with E-state index >= 15 is 0 Å². The number of thiophene rings is 1. The van der Waals surface area contributed by atoms with Crippen LogP contribution in [-0.4, -0.2) is 22.6 Å². The van der Waals surface area contributed by atoms with Crippen LogP contribution in [0.25, 0.3) is 11.3 Å². The standard InChI is InChI=1S/C19H17ClFN3O2S/c1-10-12-7-9-27-15(12)6-8-24(10)19(25)22-17-11(2)26-23-18(17)16-13(20)4-3-5-14(16)21/h3-5,7,9-10H,6,8H2,1-2H3,(H,22,25). The Kier molecular flexibility index (Phi) is 4.65. The molecule has 0 spiro atoms. The molecule has 27 heavy (non-hydrogen) atoms. The van der Waals surface area contributed by atoms with E-state index in [-0.39, 0.29) is 28.4 Å². The van der Waals surface area contributed by atoms with Gasteiger partial charge in [-0.2, -0.15) is 0 Å². The summed E-state index contributed by atoms with van der Waals surface area (Å²) in [6, 6.07) is 6.11. The Hall–Kier alpha value is -2.38. The number of anilines is 1. The van der Waals surface area contributed by atoms with Crippen LogP contribution in [0.5, 0.6) is 0 Å². The highest BCUT2D eigenvalue weighted by atomic mass is 35.5. The molecule has 1 atom stereocenters. The van der Waals surface area contributed by atoms with Crippen molar-refractivity contribution in [2.45, 2.75) is 26.3 Å². The first kappa shape index (κ1) is 18.0. The van der Waals surface area contributed by atoms with E-state index < -0.39 is 5.82 Å². The van der Waals surface area contributed by atoms with Crippen LogP contribution in [0.1, 0.15) is 29.2 Å². The third kappa shape index (κ3) is 3.11. The Labute approximate surface area is 164 Å². The fraction of sp³-hybridized carbons (Fsp3) is 0.263. The molecule has 1 aliphatic rings. The first-order valence-corrected chi connectivity index (χ1v) is 9.77. The van der Waals surface area contributed by atoms with Gasteiger partial charge in [0.2, 0.25) is 0 Å². The molecule has 0 saturated heterocycles. The first-order chi connectivity index (χ1) is 13.0. The summed E-state index contributed by atoms with van der Waals surface area (Å²) < 4.78 is 19.5. The van der Waals surface area contributed by atoms with Crippen molar-refractivity contribution in [3.63, 3.8) is 0 Å². The molecule has 0 aliphatic carbocycles. The second-order valence-corrected chi connectivity index (χ2v) is 7.82. The van der Waals surface area contributed by atoms with Gasteiger partial charge in [-0.15, -0.1) is 11.3 Å². The first-order valence-electron chi connectivity index (χ1n) is 8.52. The lowest BCUT2D eigenvalue weighted by Crippen LogP contribution is -2.41. The molecule has 1 N–H and O–H groups in total. The van der Waals surface area contributed by atoms with Crippen LogP contribution in [0.4, 0.5) is 14.9 Å². The molecule has 3 aromatic rings. The molecule has 1 unspecified atom stereocenters. The average Bonchev–Trinajstić information content (AvgIpc) is 3.24. The second-order valence-electron chi connectivity index (χ2n) is 6.41. The minimum absolute atomic E-state index is 0.0411. The Morgan fingerprint density at radius 1 is 1.44 bits per heavy atom. The topological polar surface area (TPSA) is 58.4 Å². The fourth-order valence-electron chi connectivity index (χ4n) is 3.38. The van der Waals surface area contributed by atoms with Crippen molar-refractivity contribution in [3.05, 3.63) is 56.7 Å². The van der Waals surface area contributed by atoms with E-state index in [1.54, 1.807) is 29.2 Å². The Bertz CT molecular complexity index is 996. The molecule has 8 heteroatoms. The number of nitrogens with one attached hydrogen (secondary N) is 1. The predicted octanol–water partition coefficient (Wildman–Crippen LogP) is 5.66. The maximum absolute atomic E-state index is 14.3. The maximum Gasteiger partial charge on any atom is 0.322 e. The Morgan fingerprint density at radius 2 is 2.26 bits per heavy atom. The molecule has 1 aliphatic heterocycles. The number of urea groups is 1. The van der Waals surface area contributed by atoms with Gasteiger partial charge in [0.15, 0.2) is 5.76 Å². The number of hydrogen-bond donors (Lipinski definition) is 1. The van der Waals surface area contributed by atoms with Crippen molar-refractivity contribution >= 4 is 34.7 Å². The average molecular weight is 406 g/mol. The highest BCUT2D eigenvalue weighted by Crippen LogP contribution is 2.38. The molecule has 0 fully saturated rings. The van der Waals surface area contributed by atoms with E-state index in [0.717, 1.165) is 6.42 Å². The van der Waals surface area contributed by atoms with E-state index in [0.29, 0.717) is 18.0 Å². The molecular formula is C19H17ClFN3O2S. The van der Waals surface area contributed by atoms with Gasteiger partial charge in [0.1, 0.15) is 17.2 Å². The molecule has 4 rings (SSSR count). The van der Waals surface area contributed by atoms with Gasteiger partial charge in [0.25, 0.3) is 0 Å². The van der Waals surface area contributed by atoms with E-state index in [1.807, 2.05) is 12.3 Å². The van der Waals surface area contributed by atoms with E-state index in [1.165, 1.54) is 22.6 Å². The van der Waals surface area contributed by atoms with Crippen LogP contribution in [0.15, 0.2) is 34.2 Å². The lowest BCUT2D eigenvalue weighted by Gasteiger charge is -2.33. The molecule has 5 nitrogen and oxygen atoms in total.